The van der Waals surface area contributed by atoms with Gasteiger partial charge < -0.3 is 5.32 Å². The van der Waals surface area contributed by atoms with E-state index in [1.165, 1.54) is 26.1 Å². The van der Waals surface area contributed by atoms with E-state index in [4.69, 9.17) is 0 Å². The average Bonchev–Trinajstić information content (AvgIpc) is 3.04. The lowest BCUT2D eigenvalue weighted by molar-refractivity contribution is -0.118. The molecule has 136 valence electrons. The van der Waals surface area contributed by atoms with Gasteiger partial charge in [0.1, 0.15) is 0 Å². The van der Waals surface area contributed by atoms with E-state index in [9.17, 15) is 4.79 Å². The second kappa shape index (κ2) is 5.80. The highest BCUT2D eigenvalue weighted by Gasteiger charge is 2.41. The van der Waals surface area contributed by atoms with Gasteiger partial charge >= 0.3 is 0 Å². The van der Waals surface area contributed by atoms with Gasteiger partial charge in [-0.3, -0.25) is 4.79 Å². The van der Waals surface area contributed by atoms with E-state index in [1.54, 1.807) is 0 Å². The molecule has 1 aliphatic carbocycles. The predicted molar refractivity (Wildman–Crippen MR) is 114 cm³/mol. The number of nitrogens with one attached hydrogen (secondary N) is 1. The first-order valence-electron chi connectivity index (χ1n) is 9.54. The third kappa shape index (κ3) is 2.64. The maximum Gasteiger partial charge on any atom is 0.162 e. The van der Waals surface area contributed by atoms with Gasteiger partial charge in [0.2, 0.25) is 0 Å². The number of anilines is 1. The first-order chi connectivity index (χ1) is 12.9. The molecule has 1 atom stereocenters. The maximum absolute atomic E-state index is 13.3. The molecular weight excluding hydrogens is 350 g/mol. The zero-order chi connectivity index (χ0) is 18.8. The van der Waals surface area contributed by atoms with Crippen molar-refractivity contribution < 1.29 is 4.79 Å². The van der Waals surface area contributed by atoms with Crippen LogP contribution in [-0.4, -0.2) is 5.78 Å². The van der Waals surface area contributed by atoms with Crippen molar-refractivity contribution in [2.45, 2.75) is 39.5 Å². The van der Waals surface area contributed by atoms with E-state index in [-0.39, 0.29) is 11.3 Å². The summed E-state index contributed by atoms with van der Waals surface area (Å²) in [4.78, 5) is 15.8. The standard InChI is InChI=1S/C24H23NOS/c1-14-8-11-20(27-14)23-21-16-7-5-4-6-15(16)9-10-17(21)25-18-12-24(2,3)13-19(26)22(18)23/h4-11,23,25H,12-13H2,1-3H3/t23-/m0/s1. The fourth-order valence-corrected chi connectivity index (χ4v) is 5.69. The summed E-state index contributed by atoms with van der Waals surface area (Å²) < 4.78 is 0. The Morgan fingerprint density at radius 3 is 2.63 bits per heavy atom. The summed E-state index contributed by atoms with van der Waals surface area (Å²) in [6.07, 6.45) is 1.54. The summed E-state index contributed by atoms with van der Waals surface area (Å²) in [5.74, 6) is 0.327. The fourth-order valence-electron chi connectivity index (χ4n) is 4.70. The number of Topliss-reactive ketones (excluding diaryl/α,β-unsaturated/α-hetero) is 1. The van der Waals surface area contributed by atoms with Gasteiger partial charge in [-0.05, 0) is 53.3 Å². The van der Waals surface area contributed by atoms with E-state index in [0.717, 1.165) is 23.4 Å². The number of hydrogen-bond acceptors (Lipinski definition) is 3. The number of ketones is 1. The zero-order valence-corrected chi connectivity index (χ0v) is 16.7. The van der Waals surface area contributed by atoms with Crippen LogP contribution in [0.4, 0.5) is 5.69 Å². The predicted octanol–water partition coefficient (Wildman–Crippen LogP) is 6.41. The van der Waals surface area contributed by atoms with E-state index in [2.05, 4.69) is 74.6 Å². The smallest absolute Gasteiger partial charge is 0.162 e. The van der Waals surface area contributed by atoms with Crippen LogP contribution < -0.4 is 5.32 Å². The Morgan fingerprint density at radius 1 is 1.04 bits per heavy atom. The molecular formula is C24H23NOS. The van der Waals surface area contributed by atoms with Gasteiger partial charge in [-0.1, -0.05) is 44.2 Å². The highest BCUT2D eigenvalue weighted by Crippen LogP contribution is 2.51. The Labute approximate surface area is 163 Å². The summed E-state index contributed by atoms with van der Waals surface area (Å²) in [6, 6.07) is 17.3. The SMILES string of the molecule is Cc1ccc([C@@H]2C3=C(CC(C)(C)CC3=O)Nc3ccc4ccccc4c32)s1. The van der Waals surface area contributed by atoms with Crippen LogP contribution in [-0.2, 0) is 4.79 Å². The van der Waals surface area contributed by atoms with Crippen LogP contribution in [0.25, 0.3) is 10.8 Å². The van der Waals surface area contributed by atoms with Crippen LogP contribution in [0.5, 0.6) is 0 Å². The normalized spacial score (nSPS) is 21.0. The Balaban J connectivity index is 1.82. The van der Waals surface area contributed by atoms with Gasteiger partial charge in [0, 0.05) is 33.1 Å². The van der Waals surface area contributed by atoms with Gasteiger partial charge in [-0.2, -0.15) is 0 Å². The van der Waals surface area contributed by atoms with Crippen LogP contribution in [0.2, 0.25) is 0 Å². The molecule has 2 aliphatic rings. The summed E-state index contributed by atoms with van der Waals surface area (Å²) >= 11 is 1.81. The van der Waals surface area contributed by atoms with Crippen molar-refractivity contribution >= 4 is 33.6 Å². The van der Waals surface area contributed by atoms with Crippen molar-refractivity contribution in [2.24, 2.45) is 5.41 Å². The molecule has 1 aromatic heterocycles. The quantitative estimate of drug-likeness (QED) is 0.534. The number of carbonyl (C=O) groups excluding carboxylic acids is 1. The third-order valence-electron chi connectivity index (χ3n) is 5.80. The minimum absolute atomic E-state index is 0.00713. The minimum Gasteiger partial charge on any atom is -0.358 e. The topological polar surface area (TPSA) is 29.1 Å². The minimum atomic E-state index is 0.00713. The molecule has 1 aliphatic heterocycles. The lowest BCUT2D eigenvalue weighted by atomic mass is 9.69. The highest BCUT2D eigenvalue weighted by molar-refractivity contribution is 7.12. The molecule has 3 aromatic rings. The molecule has 2 nitrogen and oxygen atoms in total. The molecule has 0 radical (unpaired) electrons. The second-order valence-corrected chi connectivity index (χ2v) is 9.91. The van der Waals surface area contributed by atoms with Crippen LogP contribution >= 0.6 is 11.3 Å². The molecule has 27 heavy (non-hydrogen) atoms. The molecule has 5 rings (SSSR count). The number of allylic oxidation sites excluding steroid dienone is 2. The molecule has 0 bridgehead atoms. The molecule has 3 heteroatoms. The first-order valence-corrected chi connectivity index (χ1v) is 10.4. The van der Waals surface area contributed by atoms with Crippen LogP contribution in [0.15, 0.2) is 59.8 Å². The Kier molecular flexibility index (Phi) is 3.60. The van der Waals surface area contributed by atoms with Crippen molar-refractivity contribution in [1.29, 1.82) is 0 Å². The van der Waals surface area contributed by atoms with E-state index < -0.39 is 0 Å². The van der Waals surface area contributed by atoms with Crippen molar-refractivity contribution in [1.82, 2.24) is 0 Å². The van der Waals surface area contributed by atoms with E-state index >= 15 is 0 Å². The molecule has 0 fully saturated rings. The average molecular weight is 374 g/mol. The fraction of sp³-hybridized carbons (Fsp3) is 0.292. The number of thiophene rings is 1. The number of benzene rings is 2. The van der Waals surface area contributed by atoms with Gasteiger partial charge in [-0.15, -0.1) is 11.3 Å². The first kappa shape index (κ1) is 16.8. The number of hydrogen-bond donors (Lipinski definition) is 1. The Hall–Kier alpha value is -2.39. The van der Waals surface area contributed by atoms with Crippen molar-refractivity contribution in [3.63, 3.8) is 0 Å². The highest BCUT2D eigenvalue weighted by atomic mass is 32.1. The molecule has 0 amide bonds. The van der Waals surface area contributed by atoms with Gasteiger partial charge in [0.25, 0.3) is 0 Å². The van der Waals surface area contributed by atoms with E-state index in [0.29, 0.717) is 12.2 Å². The number of fused-ring (bicyclic) bond motifs is 3. The summed E-state index contributed by atoms with van der Waals surface area (Å²) in [6.45, 7) is 6.52. The van der Waals surface area contributed by atoms with Crippen molar-refractivity contribution in [2.75, 3.05) is 5.32 Å². The van der Waals surface area contributed by atoms with Gasteiger partial charge in [0.05, 0.1) is 5.92 Å². The van der Waals surface area contributed by atoms with Gasteiger partial charge in [-0.25, -0.2) is 0 Å². The number of aryl methyl sites for hydroxylation is 1. The molecule has 0 spiro atoms. The molecule has 2 heterocycles. The second-order valence-electron chi connectivity index (χ2n) is 8.59. The van der Waals surface area contributed by atoms with Gasteiger partial charge in [0.15, 0.2) is 5.78 Å². The largest absolute Gasteiger partial charge is 0.358 e. The zero-order valence-electron chi connectivity index (χ0n) is 15.9. The molecule has 0 unspecified atom stereocenters. The van der Waals surface area contributed by atoms with Crippen molar-refractivity contribution in [3.8, 4) is 0 Å². The Bertz CT molecular complexity index is 1120. The van der Waals surface area contributed by atoms with E-state index in [1.807, 2.05) is 11.3 Å². The molecule has 0 saturated heterocycles. The number of rotatable bonds is 1. The van der Waals surface area contributed by atoms with Crippen LogP contribution in [0.3, 0.4) is 0 Å². The van der Waals surface area contributed by atoms with Crippen LogP contribution in [0, 0.1) is 12.3 Å². The molecule has 0 saturated carbocycles. The molecule has 2 aromatic carbocycles. The monoisotopic (exact) mass is 373 g/mol. The summed E-state index contributed by atoms with van der Waals surface area (Å²) in [5, 5.41) is 6.11. The Morgan fingerprint density at radius 2 is 1.85 bits per heavy atom. The third-order valence-corrected chi connectivity index (χ3v) is 6.86. The number of carbonyl (C=O) groups is 1. The maximum atomic E-state index is 13.3. The lowest BCUT2D eigenvalue weighted by Crippen LogP contribution is -2.33. The molecule has 1 N–H and O–H groups in total. The summed E-state index contributed by atoms with van der Waals surface area (Å²) in [7, 11) is 0. The summed E-state index contributed by atoms with van der Waals surface area (Å²) in [5.41, 5.74) is 4.51. The van der Waals surface area contributed by atoms with Crippen LogP contribution in [0.1, 0.15) is 47.9 Å². The lowest BCUT2D eigenvalue weighted by Gasteiger charge is -2.39. The van der Waals surface area contributed by atoms with Crippen molar-refractivity contribution in [3.05, 3.63) is 75.1 Å².